The Balaban J connectivity index is 1.98. The maximum atomic E-state index is 13.2. The number of rotatable bonds is 6. The Morgan fingerprint density at radius 1 is 1.14 bits per heavy atom. The number of fused-ring (bicyclic) bond motifs is 1. The summed E-state index contributed by atoms with van der Waals surface area (Å²) < 4.78 is 6.73. The molecule has 0 saturated carbocycles. The van der Waals surface area contributed by atoms with Crippen molar-refractivity contribution < 1.29 is 29.2 Å². The molecule has 0 saturated heterocycles. The maximum absolute atomic E-state index is 13.2. The van der Waals surface area contributed by atoms with Crippen molar-refractivity contribution in [3.63, 3.8) is 0 Å². The molecule has 1 amide bonds. The van der Waals surface area contributed by atoms with E-state index < -0.39 is 27.8 Å². The summed E-state index contributed by atoms with van der Waals surface area (Å²) in [5, 5.41) is 21.6. The van der Waals surface area contributed by atoms with Gasteiger partial charge in [0.1, 0.15) is 10.6 Å². The second-order valence-electron chi connectivity index (χ2n) is 7.40. The van der Waals surface area contributed by atoms with Crippen LogP contribution < -0.4 is 4.90 Å². The molecule has 178 valence electrons. The van der Waals surface area contributed by atoms with E-state index in [0.29, 0.717) is 16.9 Å². The molecule has 0 radical (unpaired) electrons. The molecule has 0 fully saturated rings. The minimum Gasteiger partial charge on any atom is -0.477 e. The predicted molar refractivity (Wildman–Crippen MR) is 130 cm³/mol. The zero-order chi connectivity index (χ0) is 25.3. The molecular weight excluding hydrogens is 474 g/mol. The lowest BCUT2D eigenvalue weighted by atomic mass is 10.1. The van der Waals surface area contributed by atoms with Crippen LogP contribution in [0.5, 0.6) is 0 Å². The van der Waals surface area contributed by atoms with Crippen molar-refractivity contribution in [1.29, 1.82) is 0 Å². The molecule has 2 aromatic heterocycles. The summed E-state index contributed by atoms with van der Waals surface area (Å²) in [6.45, 7) is 2.80. The summed E-state index contributed by atoms with van der Waals surface area (Å²) in [4.78, 5) is 49.0. The molecule has 0 unspecified atom stereocenters. The van der Waals surface area contributed by atoms with E-state index in [2.05, 4.69) is 0 Å². The number of carbonyl (C=O) groups is 3. The predicted octanol–water partition coefficient (Wildman–Crippen LogP) is 4.83. The summed E-state index contributed by atoms with van der Waals surface area (Å²) in [6, 6.07) is 16.1. The van der Waals surface area contributed by atoms with Crippen LogP contribution >= 0.6 is 11.3 Å². The number of thiophene rings is 1. The van der Waals surface area contributed by atoms with Crippen LogP contribution in [0, 0.1) is 17.0 Å². The van der Waals surface area contributed by atoms with Crippen LogP contribution in [0.15, 0.2) is 60.8 Å². The van der Waals surface area contributed by atoms with Crippen LogP contribution in [-0.2, 0) is 14.3 Å². The molecule has 0 aliphatic rings. The summed E-state index contributed by atoms with van der Waals surface area (Å²) in [6.07, 6.45) is 1.84. The lowest BCUT2D eigenvalue weighted by molar-refractivity contribution is -0.379. The van der Waals surface area contributed by atoms with E-state index in [9.17, 15) is 29.6 Å². The number of nitrogens with zero attached hydrogens (tertiary/aromatic N) is 3. The summed E-state index contributed by atoms with van der Waals surface area (Å²) in [5.74, 6) is -3.77. The van der Waals surface area contributed by atoms with Gasteiger partial charge in [-0.05, 0) is 44.2 Å². The smallest absolute Gasteiger partial charge is 0.397 e. The quantitative estimate of drug-likeness (QED) is 0.176. The first-order valence-corrected chi connectivity index (χ1v) is 11.2. The Kier molecular flexibility index (Phi) is 6.34. The number of aromatic carboxylic acids is 1. The zero-order valence-electron chi connectivity index (χ0n) is 18.6. The van der Waals surface area contributed by atoms with Gasteiger partial charge in [0, 0.05) is 22.8 Å². The van der Waals surface area contributed by atoms with Gasteiger partial charge in [0.05, 0.1) is 22.7 Å². The summed E-state index contributed by atoms with van der Waals surface area (Å²) >= 11 is 0.423. The average molecular weight is 493 g/mol. The number of esters is 1. The highest BCUT2D eigenvalue weighted by atomic mass is 32.1. The summed E-state index contributed by atoms with van der Waals surface area (Å²) in [5.41, 5.74) is 1.36. The number of carbonyl (C=O) groups excluding carboxylic acids is 2. The van der Waals surface area contributed by atoms with Gasteiger partial charge in [0.15, 0.2) is 0 Å². The number of carboxylic acid groups (broad SMARTS) is 1. The van der Waals surface area contributed by atoms with E-state index in [-0.39, 0.29) is 28.4 Å². The van der Waals surface area contributed by atoms with Crippen LogP contribution in [0.1, 0.15) is 22.2 Å². The van der Waals surface area contributed by atoms with Gasteiger partial charge >= 0.3 is 22.8 Å². The number of carboxylic acids is 1. The topological polar surface area (TPSA) is 132 Å². The Labute approximate surface area is 202 Å². The monoisotopic (exact) mass is 493 g/mol. The summed E-state index contributed by atoms with van der Waals surface area (Å²) in [7, 11) is 0. The largest absolute Gasteiger partial charge is 0.477 e. The van der Waals surface area contributed by atoms with Crippen molar-refractivity contribution in [3.8, 4) is 5.69 Å². The fraction of sp³-hybridized carbons (Fsp3) is 0.125. The molecular formula is C24H19N3O7S. The normalized spacial score (nSPS) is 10.8. The number of ether oxygens (including phenoxy) is 1. The Morgan fingerprint density at radius 2 is 1.86 bits per heavy atom. The van der Waals surface area contributed by atoms with Gasteiger partial charge in [-0.25, -0.2) is 9.59 Å². The Hall–Kier alpha value is -4.51. The van der Waals surface area contributed by atoms with Crippen molar-refractivity contribution in [2.75, 3.05) is 11.5 Å². The van der Waals surface area contributed by atoms with Gasteiger partial charge in [-0.15, -0.1) is 0 Å². The molecule has 4 rings (SSSR count). The molecule has 10 nitrogen and oxygen atoms in total. The number of aromatic nitrogens is 1. The minimum atomic E-state index is -1.38. The van der Waals surface area contributed by atoms with Gasteiger partial charge in [0.2, 0.25) is 0 Å². The molecule has 1 N–H and O–H groups in total. The van der Waals surface area contributed by atoms with Gasteiger partial charge in [-0.3, -0.25) is 19.8 Å². The molecule has 2 aromatic carbocycles. The number of amides is 1. The highest BCUT2D eigenvalue weighted by Gasteiger charge is 2.37. The molecule has 35 heavy (non-hydrogen) atoms. The molecule has 0 aliphatic carbocycles. The van der Waals surface area contributed by atoms with Gasteiger partial charge in [-0.1, -0.05) is 35.6 Å². The molecule has 0 bridgehead atoms. The SMILES string of the molecule is CCOC(=O)C(=O)N(c1ccc2ccn(-c3ccccc3)c2c1)c1c([N+](=O)[O-])sc(C(=O)O)c1C. The number of para-hydroxylation sites is 1. The number of nitro groups is 1. The van der Waals surface area contributed by atoms with E-state index in [1.165, 1.54) is 19.9 Å². The molecule has 0 aliphatic heterocycles. The first-order valence-electron chi connectivity index (χ1n) is 10.4. The highest BCUT2D eigenvalue weighted by Crippen LogP contribution is 2.45. The van der Waals surface area contributed by atoms with Crippen LogP contribution in [-0.4, -0.2) is 39.0 Å². The lowest BCUT2D eigenvalue weighted by Crippen LogP contribution is -2.34. The van der Waals surface area contributed by atoms with Gasteiger partial charge in [-0.2, -0.15) is 0 Å². The zero-order valence-corrected chi connectivity index (χ0v) is 19.4. The van der Waals surface area contributed by atoms with E-state index in [0.717, 1.165) is 16.0 Å². The Morgan fingerprint density at radius 3 is 2.49 bits per heavy atom. The van der Waals surface area contributed by atoms with Gasteiger partial charge in [0.25, 0.3) is 0 Å². The molecule has 0 atom stereocenters. The van der Waals surface area contributed by atoms with E-state index in [1.54, 1.807) is 12.1 Å². The van der Waals surface area contributed by atoms with Crippen LogP contribution in [0.2, 0.25) is 0 Å². The molecule has 11 heteroatoms. The number of hydrogen-bond donors (Lipinski definition) is 1. The maximum Gasteiger partial charge on any atom is 0.397 e. The Bertz CT molecular complexity index is 1470. The standard InChI is InChI=1S/C24H19N3O7S/c1-3-34-24(31)21(28)26(19-14(2)20(23(29)30)35-22(19)27(32)33)17-10-9-15-11-12-25(18(15)13-17)16-7-5-4-6-8-16/h4-13H,3H2,1-2H3,(H,29,30). The van der Waals surface area contributed by atoms with Crippen molar-refractivity contribution in [2.45, 2.75) is 13.8 Å². The third-order valence-corrected chi connectivity index (χ3v) is 6.52. The van der Waals surface area contributed by atoms with Crippen molar-refractivity contribution in [3.05, 3.63) is 81.3 Å². The van der Waals surface area contributed by atoms with E-state index in [4.69, 9.17) is 4.74 Å². The van der Waals surface area contributed by atoms with E-state index >= 15 is 0 Å². The van der Waals surface area contributed by atoms with E-state index in [1.807, 2.05) is 47.2 Å². The first-order chi connectivity index (χ1) is 16.7. The van der Waals surface area contributed by atoms with Crippen molar-refractivity contribution >= 4 is 56.5 Å². The molecule has 4 aromatic rings. The second kappa shape index (κ2) is 9.39. The van der Waals surface area contributed by atoms with Crippen LogP contribution in [0.25, 0.3) is 16.6 Å². The first kappa shape index (κ1) is 23.6. The average Bonchev–Trinajstić information content (AvgIpc) is 3.41. The van der Waals surface area contributed by atoms with Crippen molar-refractivity contribution in [2.24, 2.45) is 0 Å². The number of benzene rings is 2. The minimum absolute atomic E-state index is 0.00890. The second-order valence-corrected chi connectivity index (χ2v) is 8.40. The fourth-order valence-corrected chi connectivity index (χ4v) is 4.73. The van der Waals surface area contributed by atoms with Crippen LogP contribution in [0.4, 0.5) is 16.4 Å². The van der Waals surface area contributed by atoms with Gasteiger partial charge < -0.3 is 14.4 Å². The third-order valence-electron chi connectivity index (χ3n) is 5.30. The van der Waals surface area contributed by atoms with Crippen molar-refractivity contribution in [1.82, 2.24) is 4.57 Å². The third kappa shape index (κ3) is 4.24. The molecule has 2 heterocycles. The number of hydrogen-bond acceptors (Lipinski definition) is 7. The van der Waals surface area contributed by atoms with Crippen LogP contribution in [0.3, 0.4) is 0 Å². The highest BCUT2D eigenvalue weighted by molar-refractivity contribution is 7.18. The number of anilines is 2. The lowest BCUT2D eigenvalue weighted by Gasteiger charge is -2.22. The fourth-order valence-electron chi connectivity index (χ4n) is 3.78. The molecule has 0 spiro atoms.